The van der Waals surface area contributed by atoms with Crippen LogP contribution in [0, 0.1) is 10.1 Å². The number of nitro benzene ring substituents is 1. The highest BCUT2D eigenvalue weighted by Crippen LogP contribution is 2.38. The minimum Gasteiger partial charge on any atom is -0.486 e. The number of halogens is 2. The number of amides is 1. The minimum atomic E-state index is -0.464. The molecule has 1 fully saturated rings. The van der Waals surface area contributed by atoms with E-state index in [0.29, 0.717) is 35.2 Å². The van der Waals surface area contributed by atoms with Crippen molar-refractivity contribution in [3.8, 4) is 5.75 Å². The first-order valence-corrected chi connectivity index (χ1v) is 13.1. The molecule has 3 aromatic carbocycles. The summed E-state index contributed by atoms with van der Waals surface area (Å²) in [6, 6.07) is 18.8. The monoisotopic (exact) mass is 571 g/mol. The second kappa shape index (κ2) is 12.9. The van der Waals surface area contributed by atoms with Crippen molar-refractivity contribution >= 4 is 63.5 Å². The lowest BCUT2D eigenvalue weighted by atomic mass is 10.2. The zero-order chi connectivity index (χ0) is 27.1. The van der Waals surface area contributed by atoms with Gasteiger partial charge < -0.3 is 9.47 Å². The van der Waals surface area contributed by atoms with Gasteiger partial charge in [0.2, 0.25) is 0 Å². The van der Waals surface area contributed by atoms with Crippen LogP contribution in [0.15, 0.2) is 76.6 Å². The van der Waals surface area contributed by atoms with Crippen molar-refractivity contribution in [1.82, 2.24) is 4.90 Å². The van der Waals surface area contributed by atoms with Crippen molar-refractivity contribution in [3.05, 3.63) is 103 Å². The van der Waals surface area contributed by atoms with Crippen LogP contribution < -0.4 is 4.74 Å². The molecular weight excluding hydrogens is 549 g/mol. The number of methoxy groups -OCH3 is 1. The number of thioether (sulfide) groups is 1. The van der Waals surface area contributed by atoms with Gasteiger partial charge in [-0.25, -0.2) is 4.99 Å². The highest BCUT2D eigenvalue weighted by Gasteiger charge is 2.33. The first-order chi connectivity index (χ1) is 18.4. The number of hydrogen-bond acceptors (Lipinski definition) is 7. The van der Waals surface area contributed by atoms with Crippen LogP contribution in [0.5, 0.6) is 5.75 Å². The number of rotatable bonds is 10. The van der Waals surface area contributed by atoms with E-state index in [0.717, 1.165) is 11.3 Å². The second-order valence-electron chi connectivity index (χ2n) is 8.17. The van der Waals surface area contributed by atoms with Gasteiger partial charge in [-0.05, 0) is 71.8 Å². The molecule has 8 nitrogen and oxygen atoms in total. The Morgan fingerprint density at radius 1 is 1.08 bits per heavy atom. The number of carbonyl (C=O) groups is 1. The summed E-state index contributed by atoms with van der Waals surface area (Å²) in [4.78, 5) is 30.4. The lowest BCUT2D eigenvalue weighted by Crippen LogP contribution is -2.30. The SMILES string of the molecule is COCCCN1C(=O)/C(=C/c2cc(Cl)c(OCc3ccc([N+](=O)[O-])cc3)c(Cl)c2)SC1=Nc1ccccc1. The number of nitro groups is 1. The summed E-state index contributed by atoms with van der Waals surface area (Å²) < 4.78 is 10.9. The fraction of sp³-hybridized carbons (Fsp3) is 0.185. The van der Waals surface area contributed by atoms with E-state index < -0.39 is 4.92 Å². The van der Waals surface area contributed by atoms with E-state index in [-0.39, 0.29) is 34.0 Å². The van der Waals surface area contributed by atoms with E-state index >= 15 is 0 Å². The maximum absolute atomic E-state index is 13.2. The third kappa shape index (κ3) is 6.93. The maximum Gasteiger partial charge on any atom is 0.269 e. The van der Waals surface area contributed by atoms with Crippen molar-refractivity contribution in [2.45, 2.75) is 13.0 Å². The number of benzene rings is 3. The Balaban J connectivity index is 1.53. The summed E-state index contributed by atoms with van der Waals surface area (Å²) in [5.41, 5.74) is 2.11. The Labute approximate surface area is 234 Å². The molecule has 0 aliphatic carbocycles. The first-order valence-electron chi connectivity index (χ1n) is 11.5. The molecule has 0 atom stereocenters. The van der Waals surface area contributed by atoms with Gasteiger partial charge in [-0.1, -0.05) is 41.4 Å². The van der Waals surface area contributed by atoms with Crippen molar-refractivity contribution in [2.24, 2.45) is 4.99 Å². The summed E-state index contributed by atoms with van der Waals surface area (Å²) >= 11 is 14.2. The molecule has 0 N–H and O–H groups in total. The first kappa shape index (κ1) is 27.7. The number of aliphatic imine (C=N–C) groups is 1. The van der Waals surface area contributed by atoms with Crippen LogP contribution in [0.1, 0.15) is 17.5 Å². The highest BCUT2D eigenvalue weighted by molar-refractivity contribution is 8.18. The van der Waals surface area contributed by atoms with E-state index in [1.807, 2.05) is 30.3 Å². The quantitative estimate of drug-likeness (QED) is 0.111. The number of carbonyl (C=O) groups excluding carboxylic acids is 1. The van der Waals surface area contributed by atoms with Gasteiger partial charge in [0, 0.05) is 32.4 Å². The molecule has 0 radical (unpaired) electrons. The molecule has 3 aromatic rings. The Bertz CT molecular complexity index is 1360. The van der Waals surface area contributed by atoms with Crippen molar-refractivity contribution < 1.29 is 19.2 Å². The van der Waals surface area contributed by atoms with E-state index in [9.17, 15) is 14.9 Å². The van der Waals surface area contributed by atoms with Crippen molar-refractivity contribution in [1.29, 1.82) is 0 Å². The molecule has 4 rings (SSSR count). The zero-order valence-electron chi connectivity index (χ0n) is 20.3. The molecule has 0 unspecified atom stereocenters. The van der Waals surface area contributed by atoms with Gasteiger partial charge in [0.1, 0.15) is 6.61 Å². The van der Waals surface area contributed by atoms with Gasteiger partial charge in [0.15, 0.2) is 10.9 Å². The molecule has 38 heavy (non-hydrogen) atoms. The molecule has 0 spiro atoms. The van der Waals surface area contributed by atoms with Crippen LogP contribution in [0.3, 0.4) is 0 Å². The zero-order valence-corrected chi connectivity index (χ0v) is 22.6. The fourth-order valence-corrected chi connectivity index (χ4v) is 5.23. The summed E-state index contributed by atoms with van der Waals surface area (Å²) in [5.74, 6) is 0.123. The van der Waals surface area contributed by atoms with Gasteiger partial charge >= 0.3 is 0 Å². The van der Waals surface area contributed by atoms with Crippen LogP contribution in [0.2, 0.25) is 10.0 Å². The fourth-order valence-electron chi connectivity index (χ4n) is 3.59. The average Bonchev–Trinajstić information content (AvgIpc) is 3.18. The predicted octanol–water partition coefficient (Wildman–Crippen LogP) is 7.12. The standard InChI is InChI=1S/C27H23Cl2N3O5S/c1-36-13-5-12-31-26(33)24(38-27(31)30-20-6-3-2-4-7-20)16-19-14-22(28)25(23(29)15-19)37-17-18-8-10-21(11-9-18)32(34)35/h2-4,6-11,14-16H,5,12-13,17H2,1H3/b24-16-,30-27?. The summed E-state index contributed by atoms with van der Waals surface area (Å²) in [7, 11) is 1.62. The molecule has 1 aliphatic heterocycles. The lowest BCUT2D eigenvalue weighted by molar-refractivity contribution is -0.384. The topological polar surface area (TPSA) is 94.3 Å². The summed E-state index contributed by atoms with van der Waals surface area (Å²) in [5, 5.41) is 12.0. The van der Waals surface area contributed by atoms with E-state index in [1.165, 1.54) is 23.9 Å². The van der Waals surface area contributed by atoms with Gasteiger partial charge in [-0.3, -0.25) is 19.8 Å². The molecule has 1 heterocycles. The average molecular weight is 572 g/mol. The van der Waals surface area contributed by atoms with Gasteiger partial charge in [0.05, 0.1) is 25.6 Å². The van der Waals surface area contributed by atoms with Crippen LogP contribution in [0.25, 0.3) is 6.08 Å². The molecule has 1 saturated heterocycles. The van der Waals surface area contributed by atoms with E-state index in [1.54, 1.807) is 42.4 Å². The number of ether oxygens (including phenoxy) is 2. The van der Waals surface area contributed by atoms with Crippen molar-refractivity contribution in [2.75, 3.05) is 20.3 Å². The van der Waals surface area contributed by atoms with Gasteiger partial charge in [0.25, 0.3) is 11.6 Å². The van der Waals surface area contributed by atoms with Crippen LogP contribution in [-0.2, 0) is 16.1 Å². The third-order valence-electron chi connectivity index (χ3n) is 5.45. The van der Waals surface area contributed by atoms with Crippen molar-refractivity contribution in [3.63, 3.8) is 0 Å². The van der Waals surface area contributed by atoms with E-state index in [4.69, 9.17) is 32.7 Å². The van der Waals surface area contributed by atoms with Crippen LogP contribution in [0.4, 0.5) is 11.4 Å². The highest BCUT2D eigenvalue weighted by atomic mass is 35.5. The van der Waals surface area contributed by atoms with Crippen LogP contribution >= 0.6 is 35.0 Å². The predicted molar refractivity (Wildman–Crippen MR) is 151 cm³/mol. The molecule has 1 amide bonds. The molecule has 0 saturated carbocycles. The van der Waals surface area contributed by atoms with Gasteiger partial charge in [-0.2, -0.15) is 0 Å². The Kier molecular flexibility index (Phi) is 9.41. The smallest absolute Gasteiger partial charge is 0.269 e. The molecule has 0 bridgehead atoms. The van der Waals surface area contributed by atoms with Gasteiger partial charge in [-0.15, -0.1) is 0 Å². The Hall–Kier alpha value is -3.37. The number of para-hydroxylation sites is 1. The molecule has 11 heteroatoms. The third-order valence-corrected chi connectivity index (χ3v) is 7.02. The lowest BCUT2D eigenvalue weighted by Gasteiger charge is -2.15. The molecule has 1 aliphatic rings. The molecule has 196 valence electrons. The maximum atomic E-state index is 13.2. The molecule has 0 aromatic heterocycles. The normalized spacial score (nSPS) is 15.4. The second-order valence-corrected chi connectivity index (χ2v) is 9.99. The summed E-state index contributed by atoms with van der Waals surface area (Å²) in [6.07, 6.45) is 2.39. The number of hydrogen-bond donors (Lipinski definition) is 0. The Morgan fingerprint density at radius 2 is 1.76 bits per heavy atom. The minimum absolute atomic E-state index is 0.00392. The summed E-state index contributed by atoms with van der Waals surface area (Å²) in [6.45, 7) is 1.13. The Morgan fingerprint density at radius 3 is 2.39 bits per heavy atom. The van der Waals surface area contributed by atoms with E-state index in [2.05, 4.69) is 4.99 Å². The number of nitrogens with zero attached hydrogens (tertiary/aromatic N) is 3. The number of amidine groups is 1. The van der Waals surface area contributed by atoms with Crippen LogP contribution in [-0.4, -0.2) is 41.2 Å². The molecular formula is C27H23Cl2N3O5S. The largest absolute Gasteiger partial charge is 0.486 e. The number of non-ortho nitro benzene ring substituents is 1.